The van der Waals surface area contributed by atoms with E-state index >= 15 is 0 Å². The number of piperazine rings is 1. The summed E-state index contributed by atoms with van der Waals surface area (Å²) in [5.41, 5.74) is 4.07. The number of rotatable bonds is 5. The minimum absolute atomic E-state index is 0.234. The minimum atomic E-state index is 0.234. The Morgan fingerprint density at radius 3 is 2.62 bits per heavy atom. The number of aryl methyl sites for hydroxylation is 1. The number of carbonyl (C=O) groups is 1. The van der Waals surface area contributed by atoms with Gasteiger partial charge in [0.05, 0.1) is 12.2 Å². The van der Waals surface area contributed by atoms with Gasteiger partial charge in [-0.05, 0) is 55.7 Å². The van der Waals surface area contributed by atoms with Crippen LogP contribution in [0.5, 0.6) is 0 Å². The molecule has 2 heterocycles. The summed E-state index contributed by atoms with van der Waals surface area (Å²) in [6, 6.07) is 16.6. The highest BCUT2D eigenvalue weighted by Gasteiger charge is 2.35. The van der Waals surface area contributed by atoms with Crippen LogP contribution in [0.4, 0.5) is 17.3 Å². The number of amides is 1. The van der Waals surface area contributed by atoms with Gasteiger partial charge in [0.25, 0.3) is 0 Å². The Balaban J connectivity index is 1.32. The maximum atomic E-state index is 12.5. The fourth-order valence-corrected chi connectivity index (χ4v) is 3.85. The average Bonchev–Trinajstić information content (AvgIpc) is 3.46. The van der Waals surface area contributed by atoms with Gasteiger partial charge >= 0.3 is 0 Å². The lowest BCUT2D eigenvalue weighted by Crippen LogP contribution is -2.51. The van der Waals surface area contributed by atoms with Crippen molar-refractivity contribution in [2.75, 3.05) is 29.9 Å². The third-order valence-corrected chi connectivity index (χ3v) is 5.44. The van der Waals surface area contributed by atoms with Gasteiger partial charge in [-0.2, -0.15) is 4.98 Å². The molecule has 1 saturated carbocycles. The van der Waals surface area contributed by atoms with Crippen LogP contribution < -0.4 is 10.2 Å². The van der Waals surface area contributed by atoms with E-state index in [9.17, 15) is 4.79 Å². The Bertz CT molecular complexity index is 1030. The molecule has 0 spiro atoms. The van der Waals surface area contributed by atoms with Crippen LogP contribution in [-0.2, 0) is 4.79 Å². The van der Waals surface area contributed by atoms with E-state index in [0.29, 0.717) is 18.5 Å². The van der Waals surface area contributed by atoms with E-state index in [4.69, 9.17) is 0 Å². The first kappa shape index (κ1) is 17.7. The van der Waals surface area contributed by atoms with Crippen LogP contribution in [0.3, 0.4) is 0 Å². The number of benzene rings is 2. The molecule has 0 atom stereocenters. The van der Waals surface area contributed by atoms with E-state index in [1.54, 1.807) is 11.0 Å². The van der Waals surface area contributed by atoms with Crippen molar-refractivity contribution in [1.29, 1.82) is 0 Å². The van der Waals surface area contributed by atoms with Crippen molar-refractivity contribution in [2.24, 2.45) is 0 Å². The molecule has 1 saturated heterocycles. The average molecular weight is 388 g/mol. The van der Waals surface area contributed by atoms with Crippen LogP contribution in [0.1, 0.15) is 18.4 Å². The topological polar surface area (TPSA) is 66.3 Å². The van der Waals surface area contributed by atoms with Gasteiger partial charge in [0.2, 0.25) is 11.9 Å². The summed E-state index contributed by atoms with van der Waals surface area (Å²) < 4.78 is 1.74. The SMILES string of the molecule is Cc1cc(Nc2ncn(-c3ccccc3)n2)cc(N2CCN(C3CC3)C(=O)C2)c1. The van der Waals surface area contributed by atoms with Crippen molar-refractivity contribution in [3.05, 3.63) is 60.4 Å². The standard InChI is InChI=1S/C22H24N6O/c1-16-11-17(24-22-23-15-28(25-22)19-5-3-2-4-6-19)13-20(12-16)26-9-10-27(18-7-8-18)21(29)14-26/h2-6,11-13,15,18H,7-10,14H2,1H3,(H,24,25). The highest BCUT2D eigenvalue weighted by molar-refractivity contribution is 5.84. The quantitative estimate of drug-likeness (QED) is 0.727. The summed E-state index contributed by atoms with van der Waals surface area (Å²) in [5.74, 6) is 0.776. The van der Waals surface area contributed by atoms with Crippen LogP contribution >= 0.6 is 0 Å². The fourth-order valence-electron chi connectivity index (χ4n) is 3.85. The normalized spacial score (nSPS) is 16.9. The molecule has 0 unspecified atom stereocenters. The summed E-state index contributed by atoms with van der Waals surface area (Å²) in [6.07, 6.45) is 4.02. The Labute approximate surface area is 170 Å². The van der Waals surface area contributed by atoms with Crippen molar-refractivity contribution in [3.63, 3.8) is 0 Å². The molecule has 1 aliphatic heterocycles. The third kappa shape index (κ3) is 3.81. The monoisotopic (exact) mass is 388 g/mol. The Hall–Kier alpha value is -3.35. The molecule has 0 bridgehead atoms. The van der Waals surface area contributed by atoms with Gasteiger partial charge in [-0.1, -0.05) is 18.2 Å². The predicted molar refractivity (Wildman–Crippen MR) is 113 cm³/mol. The molecule has 1 amide bonds. The first-order chi connectivity index (χ1) is 14.2. The van der Waals surface area contributed by atoms with Gasteiger partial charge in [-0.15, -0.1) is 5.10 Å². The number of anilines is 3. The zero-order valence-electron chi connectivity index (χ0n) is 16.5. The van der Waals surface area contributed by atoms with Crippen molar-refractivity contribution in [2.45, 2.75) is 25.8 Å². The lowest BCUT2D eigenvalue weighted by molar-refractivity contribution is -0.131. The Morgan fingerprint density at radius 2 is 1.86 bits per heavy atom. The number of aromatic nitrogens is 3. The highest BCUT2D eigenvalue weighted by Crippen LogP contribution is 2.30. The highest BCUT2D eigenvalue weighted by atomic mass is 16.2. The lowest BCUT2D eigenvalue weighted by atomic mass is 10.1. The fraction of sp³-hybridized carbons (Fsp3) is 0.318. The molecular formula is C22H24N6O. The Kier molecular flexibility index (Phi) is 4.42. The van der Waals surface area contributed by atoms with Crippen molar-refractivity contribution >= 4 is 23.2 Å². The first-order valence-corrected chi connectivity index (χ1v) is 10.1. The molecule has 2 aromatic carbocycles. The molecule has 0 radical (unpaired) electrons. The molecular weight excluding hydrogens is 364 g/mol. The van der Waals surface area contributed by atoms with E-state index < -0.39 is 0 Å². The molecule has 29 heavy (non-hydrogen) atoms. The number of hydrogen-bond donors (Lipinski definition) is 1. The van der Waals surface area contributed by atoms with Crippen LogP contribution in [0.25, 0.3) is 5.69 Å². The Morgan fingerprint density at radius 1 is 1.03 bits per heavy atom. The van der Waals surface area contributed by atoms with E-state index in [1.165, 1.54) is 0 Å². The van der Waals surface area contributed by atoms with E-state index in [1.807, 2.05) is 35.2 Å². The molecule has 7 heteroatoms. The van der Waals surface area contributed by atoms with E-state index in [2.05, 4.69) is 45.4 Å². The van der Waals surface area contributed by atoms with Crippen LogP contribution in [-0.4, -0.2) is 51.2 Å². The molecule has 5 rings (SSSR count). The summed E-state index contributed by atoms with van der Waals surface area (Å²) >= 11 is 0. The number of carbonyl (C=O) groups excluding carboxylic acids is 1. The van der Waals surface area contributed by atoms with Gasteiger partial charge in [0, 0.05) is 30.5 Å². The molecule has 2 aliphatic rings. The molecule has 3 aromatic rings. The number of para-hydroxylation sites is 1. The number of hydrogen-bond acceptors (Lipinski definition) is 5. The van der Waals surface area contributed by atoms with Gasteiger partial charge in [-0.3, -0.25) is 4.79 Å². The van der Waals surface area contributed by atoms with Crippen molar-refractivity contribution < 1.29 is 4.79 Å². The van der Waals surface area contributed by atoms with Gasteiger partial charge < -0.3 is 15.1 Å². The maximum absolute atomic E-state index is 12.5. The zero-order valence-corrected chi connectivity index (χ0v) is 16.5. The molecule has 1 aliphatic carbocycles. The van der Waals surface area contributed by atoms with Crippen LogP contribution in [0, 0.1) is 6.92 Å². The predicted octanol–water partition coefficient (Wildman–Crippen LogP) is 3.13. The molecule has 7 nitrogen and oxygen atoms in total. The first-order valence-electron chi connectivity index (χ1n) is 10.1. The van der Waals surface area contributed by atoms with Gasteiger partial charge in [-0.25, -0.2) is 4.68 Å². The maximum Gasteiger partial charge on any atom is 0.246 e. The van der Waals surface area contributed by atoms with Crippen molar-refractivity contribution in [3.8, 4) is 5.69 Å². The van der Waals surface area contributed by atoms with Crippen LogP contribution in [0.15, 0.2) is 54.9 Å². The smallest absolute Gasteiger partial charge is 0.246 e. The molecule has 1 aromatic heterocycles. The largest absolute Gasteiger partial charge is 0.360 e. The van der Waals surface area contributed by atoms with Gasteiger partial charge in [0.1, 0.15) is 6.33 Å². The summed E-state index contributed by atoms with van der Waals surface area (Å²) in [5, 5.41) is 7.81. The van der Waals surface area contributed by atoms with Crippen molar-refractivity contribution in [1.82, 2.24) is 19.7 Å². The van der Waals surface area contributed by atoms with Gasteiger partial charge in [0.15, 0.2) is 0 Å². The van der Waals surface area contributed by atoms with Crippen LogP contribution in [0.2, 0.25) is 0 Å². The second-order valence-corrected chi connectivity index (χ2v) is 7.77. The van der Waals surface area contributed by atoms with E-state index in [0.717, 1.165) is 48.6 Å². The summed E-state index contributed by atoms with van der Waals surface area (Å²) in [4.78, 5) is 21.1. The summed E-state index contributed by atoms with van der Waals surface area (Å²) in [6.45, 7) is 4.18. The molecule has 1 N–H and O–H groups in total. The molecule has 148 valence electrons. The summed E-state index contributed by atoms with van der Waals surface area (Å²) in [7, 11) is 0. The number of nitrogens with zero attached hydrogens (tertiary/aromatic N) is 5. The van der Waals surface area contributed by atoms with E-state index in [-0.39, 0.29) is 5.91 Å². The lowest BCUT2D eigenvalue weighted by Gasteiger charge is -2.36. The third-order valence-electron chi connectivity index (χ3n) is 5.44. The second-order valence-electron chi connectivity index (χ2n) is 7.77. The number of nitrogens with one attached hydrogen (secondary N) is 1. The molecule has 2 fully saturated rings. The second kappa shape index (κ2) is 7.24. The minimum Gasteiger partial charge on any atom is -0.360 e. The zero-order chi connectivity index (χ0) is 19.8.